The molecule has 4 N–H and O–H groups in total. The Balaban J connectivity index is 1.90. The lowest BCUT2D eigenvalue weighted by molar-refractivity contribution is 0.521. The van der Waals surface area contributed by atoms with Crippen molar-refractivity contribution in [3.63, 3.8) is 0 Å². The highest BCUT2D eigenvalue weighted by molar-refractivity contribution is 7.89. The summed E-state index contributed by atoms with van der Waals surface area (Å²) in [5, 5.41) is 3.39. The van der Waals surface area contributed by atoms with E-state index in [0.717, 1.165) is 17.1 Å². The van der Waals surface area contributed by atoms with Crippen molar-refractivity contribution >= 4 is 27.2 Å². The van der Waals surface area contributed by atoms with E-state index in [4.69, 9.17) is 5.73 Å². The van der Waals surface area contributed by atoms with Gasteiger partial charge in [-0.3, -0.25) is 4.79 Å². The minimum Gasteiger partial charge on any atom is -0.383 e. The van der Waals surface area contributed by atoms with E-state index in [0.29, 0.717) is 23.0 Å². The second-order valence-electron chi connectivity index (χ2n) is 7.00. The Labute approximate surface area is 164 Å². The third-order valence-electron chi connectivity index (χ3n) is 4.80. The zero-order valence-corrected chi connectivity index (χ0v) is 16.8. The maximum Gasteiger partial charge on any atom is 0.261 e. The van der Waals surface area contributed by atoms with Crippen molar-refractivity contribution in [2.75, 3.05) is 19.4 Å². The number of aliphatic imine (C=N–C) groups is 1. The smallest absolute Gasteiger partial charge is 0.261 e. The second-order valence-corrected chi connectivity index (χ2v) is 9.15. The average molecular weight is 404 g/mol. The highest BCUT2D eigenvalue weighted by Crippen LogP contribution is 2.24. The van der Waals surface area contributed by atoms with Crippen molar-refractivity contribution in [2.45, 2.75) is 36.6 Å². The molecule has 0 atom stereocenters. The molecule has 1 aliphatic carbocycles. The van der Waals surface area contributed by atoms with Gasteiger partial charge < -0.3 is 16.0 Å². The molecule has 1 aliphatic rings. The molecule has 2 aromatic rings. The molecule has 150 valence electrons. The van der Waals surface area contributed by atoms with E-state index >= 15 is 0 Å². The maximum atomic E-state index is 12.4. The van der Waals surface area contributed by atoms with E-state index in [1.54, 1.807) is 24.4 Å². The van der Waals surface area contributed by atoms with Gasteiger partial charge >= 0.3 is 0 Å². The number of aromatic amines is 1. The zero-order valence-electron chi connectivity index (χ0n) is 16.0. The molecule has 1 heterocycles. The van der Waals surface area contributed by atoms with Crippen LogP contribution >= 0.6 is 0 Å². The third-order valence-corrected chi connectivity index (χ3v) is 6.63. The molecule has 8 nitrogen and oxygen atoms in total. The first kappa shape index (κ1) is 20.1. The molecule has 28 heavy (non-hydrogen) atoms. The molecule has 1 aromatic heterocycles. The van der Waals surface area contributed by atoms with Gasteiger partial charge in [0.05, 0.1) is 16.3 Å². The summed E-state index contributed by atoms with van der Waals surface area (Å²) in [6, 6.07) is 8.16. The summed E-state index contributed by atoms with van der Waals surface area (Å²) >= 11 is 0. The standard InChI is InChI=1S/C19H25N5O3S/c1-24(2)28(26,27)15-9-7-14(8-10-15)23-18(20)17-16(11-12-21-19(17)25)22-13-5-3-4-6-13/h7-13H,3-6H2,1-2H3,(H2,20,23)(H2,21,22,25). The van der Waals surface area contributed by atoms with Crippen LogP contribution in [0.5, 0.6) is 0 Å². The van der Waals surface area contributed by atoms with Crippen molar-refractivity contribution in [1.29, 1.82) is 0 Å². The van der Waals surface area contributed by atoms with E-state index in [1.165, 1.54) is 39.1 Å². The average Bonchev–Trinajstić information content (AvgIpc) is 3.15. The molecule has 0 saturated heterocycles. The van der Waals surface area contributed by atoms with E-state index in [-0.39, 0.29) is 16.3 Å². The highest BCUT2D eigenvalue weighted by Gasteiger charge is 2.19. The lowest BCUT2D eigenvalue weighted by Crippen LogP contribution is -2.28. The van der Waals surface area contributed by atoms with Gasteiger partial charge in [-0.15, -0.1) is 0 Å². The SMILES string of the molecule is CN(C)S(=O)(=O)c1ccc(N=C(N)c2c(NC3CCCC3)cc[nH]c2=O)cc1. The van der Waals surface area contributed by atoms with Crippen LogP contribution in [0.4, 0.5) is 11.4 Å². The number of hydrogen-bond donors (Lipinski definition) is 3. The van der Waals surface area contributed by atoms with Crippen LogP contribution in [0.15, 0.2) is 51.2 Å². The van der Waals surface area contributed by atoms with Gasteiger partial charge in [-0.25, -0.2) is 17.7 Å². The molecule has 1 saturated carbocycles. The molecular formula is C19H25N5O3S. The summed E-state index contributed by atoms with van der Waals surface area (Å²) < 4.78 is 25.4. The number of aromatic nitrogens is 1. The van der Waals surface area contributed by atoms with Crippen molar-refractivity contribution < 1.29 is 8.42 Å². The number of anilines is 1. The number of nitrogens with zero attached hydrogens (tertiary/aromatic N) is 2. The van der Waals surface area contributed by atoms with Crippen molar-refractivity contribution in [3.8, 4) is 0 Å². The number of nitrogens with one attached hydrogen (secondary N) is 2. The Morgan fingerprint density at radius 1 is 1.18 bits per heavy atom. The van der Waals surface area contributed by atoms with Crippen molar-refractivity contribution in [3.05, 3.63) is 52.4 Å². The van der Waals surface area contributed by atoms with Gasteiger partial charge in [0.2, 0.25) is 10.0 Å². The van der Waals surface area contributed by atoms with Crippen LogP contribution in [0.3, 0.4) is 0 Å². The zero-order chi connectivity index (χ0) is 20.3. The van der Waals surface area contributed by atoms with Crippen LogP contribution in [0.25, 0.3) is 0 Å². The number of amidine groups is 1. The fourth-order valence-corrected chi connectivity index (χ4v) is 4.14. The van der Waals surface area contributed by atoms with Gasteiger partial charge in [0.15, 0.2) is 0 Å². The molecule has 0 amide bonds. The first-order valence-corrected chi connectivity index (χ1v) is 10.6. The van der Waals surface area contributed by atoms with Crippen LogP contribution in [0, 0.1) is 0 Å². The minimum absolute atomic E-state index is 0.0746. The van der Waals surface area contributed by atoms with Crippen LogP contribution in [-0.2, 0) is 10.0 Å². The molecule has 0 unspecified atom stereocenters. The van der Waals surface area contributed by atoms with E-state index in [1.807, 2.05) is 0 Å². The summed E-state index contributed by atoms with van der Waals surface area (Å²) in [5.41, 5.74) is 7.23. The van der Waals surface area contributed by atoms with Gasteiger partial charge in [0.25, 0.3) is 5.56 Å². The quantitative estimate of drug-likeness (QED) is 0.503. The molecule has 0 spiro atoms. The largest absolute Gasteiger partial charge is 0.383 e. The van der Waals surface area contributed by atoms with Gasteiger partial charge in [0, 0.05) is 26.3 Å². The number of pyridine rings is 1. The Bertz CT molecular complexity index is 1020. The molecular weight excluding hydrogens is 378 g/mol. The minimum atomic E-state index is -3.51. The predicted octanol–water partition coefficient (Wildman–Crippen LogP) is 2.02. The summed E-state index contributed by atoms with van der Waals surface area (Å²) in [6.07, 6.45) is 6.04. The fourth-order valence-electron chi connectivity index (χ4n) is 3.24. The number of rotatable bonds is 6. The lowest BCUT2D eigenvalue weighted by atomic mass is 10.1. The molecule has 1 fully saturated rings. The van der Waals surface area contributed by atoms with E-state index < -0.39 is 10.0 Å². The normalized spacial score (nSPS) is 15.9. The van der Waals surface area contributed by atoms with Crippen LogP contribution in [-0.4, -0.2) is 43.7 Å². The topological polar surface area (TPSA) is 121 Å². The Morgan fingerprint density at radius 2 is 1.82 bits per heavy atom. The third kappa shape index (κ3) is 4.26. The summed E-state index contributed by atoms with van der Waals surface area (Å²) in [6.45, 7) is 0. The van der Waals surface area contributed by atoms with Crippen molar-refractivity contribution in [2.24, 2.45) is 10.7 Å². The molecule has 1 aromatic carbocycles. The van der Waals surface area contributed by atoms with Crippen LogP contribution < -0.4 is 16.6 Å². The van der Waals surface area contributed by atoms with Gasteiger partial charge in [-0.05, 0) is 43.2 Å². The monoisotopic (exact) mass is 403 g/mol. The lowest BCUT2D eigenvalue weighted by Gasteiger charge is -2.16. The first-order chi connectivity index (χ1) is 13.3. The molecule has 0 bridgehead atoms. The van der Waals surface area contributed by atoms with Gasteiger partial charge in [-0.2, -0.15) is 0 Å². The Kier molecular flexibility index (Phi) is 5.85. The summed E-state index contributed by atoms with van der Waals surface area (Å²) in [4.78, 5) is 19.5. The number of sulfonamides is 1. The summed E-state index contributed by atoms with van der Waals surface area (Å²) in [7, 11) is -0.568. The molecule has 3 rings (SSSR count). The predicted molar refractivity (Wildman–Crippen MR) is 111 cm³/mol. The number of hydrogen-bond acceptors (Lipinski definition) is 5. The highest BCUT2D eigenvalue weighted by atomic mass is 32.2. The molecule has 0 radical (unpaired) electrons. The van der Waals surface area contributed by atoms with Crippen LogP contribution in [0.1, 0.15) is 31.2 Å². The van der Waals surface area contributed by atoms with Crippen molar-refractivity contribution in [1.82, 2.24) is 9.29 Å². The Hall–Kier alpha value is -2.65. The maximum absolute atomic E-state index is 12.4. The second kappa shape index (κ2) is 8.15. The van der Waals surface area contributed by atoms with E-state index in [2.05, 4.69) is 15.3 Å². The molecule has 0 aliphatic heterocycles. The van der Waals surface area contributed by atoms with E-state index in [9.17, 15) is 13.2 Å². The Morgan fingerprint density at radius 3 is 2.43 bits per heavy atom. The number of H-pyrrole nitrogens is 1. The fraction of sp³-hybridized carbons (Fsp3) is 0.368. The number of nitrogens with two attached hydrogens (primary N) is 1. The van der Waals surface area contributed by atoms with Crippen LogP contribution in [0.2, 0.25) is 0 Å². The first-order valence-electron chi connectivity index (χ1n) is 9.14. The van der Waals surface area contributed by atoms with Gasteiger partial charge in [-0.1, -0.05) is 12.8 Å². The molecule has 9 heteroatoms. The van der Waals surface area contributed by atoms with Gasteiger partial charge in [0.1, 0.15) is 11.4 Å². The number of benzene rings is 1. The summed E-state index contributed by atoms with van der Waals surface area (Å²) in [5.74, 6) is 0.0746.